The monoisotopic (exact) mass is 456 g/mol. The van der Waals surface area contributed by atoms with Crippen LogP contribution in [-0.4, -0.2) is 16.2 Å². The van der Waals surface area contributed by atoms with Crippen LogP contribution in [0.5, 0.6) is 0 Å². The molecule has 0 aliphatic heterocycles. The maximum absolute atomic E-state index is 13.4. The Hall–Kier alpha value is -4.21. The SMILES string of the molecule is O=C(Nc1ccccc1C(F)(F)F)NC(c1ccc(F)cc1)c1nnc(-c2ccccc2)o1. The average molecular weight is 456 g/mol. The normalized spacial score (nSPS) is 12.2. The summed E-state index contributed by atoms with van der Waals surface area (Å²) in [4.78, 5) is 12.6. The van der Waals surface area contributed by atoms with Crippen LogP contribution < -0.4 is 10.6 Å². The lowest BCUT2D eigenvalue weighted by Gasteiger charge is -2.18. The van der Waals surface area contributed by atoms with E-state index in [0.717, 1.165) is 12.1 Å². The van der Waals surface area contributed by atoms with E-state index in [2.05, 4.69) is 20.8 Å². The number of halogens is 4. The Labute approximate surface area is 185 Å². The van der Waals surface area contributed by atoms with Crippen molar-refractivity contribution >= 4 is 11.7 Å². The van der Waals surface area contributed by atoms with Gasteiger partial charge in [-0.1, -0.05) is 42.5 Å². The maximum Gasteiger partial charge on any atom is 0.418 e. The molecule has 0 fully saturated rings. The number of aromatic nitrogens is 2. The number of carbonyl (C=O) groups is 1. The van der Waals surface area contributed by atoms with Gasteiger partial charge in [0.05, 0.1) is 11.3 Å². The predicted octanol–water partition coefficient (Wildman–Crippen LogP) is 5.81. The fraction of sp³-hybridized carbons (Fsp3) is 0.0870. The summed E-state index contributed by atoms with van der Waals surface area (Å²) in [6.07, 6.45) is -4.66. The van der Waals surface area contributed by atoms with Gasteiger partial charge in [-0.05, 0) is 42.0 Å². The van der Waals surface area contributed by atoms with Gasteiger partial charge < -0.3 is 15.1 Å². The Morgan fingerprint density at radius 1 is 0.879 bits per heavy atom. The number of para-hydroxylation sites is 1. The van der Waals surface area contributed by atoms with Crippen molar-refractivity contribution in [2.45, 2.75) is 12.2 Å². The first-order valence-electron chi connectivity index (χ1n) is 9.69. The number of carbonyl (C=O) groups excluding carboxylic acids is 1. The van der Waals surface area contributed by atoms with Gasteiger partial charge in [-0.3, -0.25) is 0 Å². The molecule has 10 heteroatoms. The second-order valence-electron chi connectivity index (χ2n) is 6.94. The van der Waals surface area contributed by atoms with Crippen molar-refractivity contribution in [3.63, 3.8) is 0 Å². The summed E-state index contributed by atoms with van der Waals surface area (Å²) in [5.41, 5.74) is -0.393. The molecule has 0 bridgehead atoms. The number of hydrogen-bond donors (Lipinski definition) is 2. The van der Waals surface area contributed by atoms with Crippen LogP contribution in [0.4, 0.5) is 28.0 Å². The topological polar surface area (TPSA) is 80.0 Å². The number of nitrogens with one attached hydrogen (secondary N) is 2. The molecule has 0 saturated carbocycles. The summed E-state index contributed by atoms with van der Waals surface area (Å²) >= 11 is 0. The van der Waals surface area contributed by atoms with Gasteiger partial charge in [-0.2, -0.15) is 13.2 Å². The zero-order chi connectivity index (χ0) is 23.4. The molecular weight excluding hydrogens is 440 g/mol. The molecule has 3 aromatic carbocycles. The summed E-state index contributed by atoms with van der Waals surface area (Å²) in [7, 11) is 0. The largest absolute Gasteiger partial charge is 0.418 e. The summed E-state index contributed by atoms with van der Waals surface area (Å²) in [5.74, 6) is -0.349. The van der Waals surface area contributed by atoms with E-state index in [1.807, 2.05) is 6.07 Å². The lowest BCUT2D eigenvalue weighted by molar-refractivity contribution is -0.136. The standard InChI is InChI=1S/C23H16F4N4O2/c24-16-12-10-14(11-13-16)19(21-31-30-20(33-21)15-6-2-1-3-7-15)29-22(32)28-18-9-5-4-8-17(18)23(25,26)27/h1-13,19H,(H2,28,29,32). The number of alkyl halides is 3. The molecule has 33 heavy (non-hydrogen) atoms. The highest BCUT2D eigenvalue weighted by molar-refractivity contribution is 5.90. The molecule has 1 heterocycles. The van der Waals surface area contributed by atoms with Crippen LogP contribution in [0.15, 0.2) is 83.3 Å². The van der Waals surface area contributed by atoms with Crippen molar-refractivity contribution < 1.29 is 26.8 Å². The molecule has 168 valence electrons. The van der Waals surface area contributed by atoms with Crippen LogP contribution in [0.3, 0.4) is 0 Å². The molecule has 1 atom stereocenters. The molecule has 2 N–H and O–H groups in total. The van der Waals surface area contributed by atoms with Crippen molar-refractivity contribution in [1.82, 2.24) is 15.5 Å². The minimum Gasteiger partial charge on any atom is -0.418 e. The van der Waals surface area contributed by atoms with Gasteiger partial charge in [-0.15, -0.1) is 10.2 Å². The number of hydrogen-bond acceptors (Lipinski definition) is 4. The van der Waals surface area contributed by atoms with E-state index < -0.39 is 35.3 Å². The van der Waals surface area contributed by atoms with Crippen LogP contribution >= 0.6 is 0 Å². The maximum atomic E-state index is 13.4. The molecule has 2 amide bonds. The first-order valence-corrected chi connectivity index (χ1v) is 9.69. The van der Waals surface area contributed by atoms with Crippen LogP contribution in [-0.2, 0) is 6.18 Å². The molecule has 0 spiro atoms. The van der Waals surface area contributed by atoms with Crippen LogP contribution in [0.2, 0.25) is 0 Å². The average Bonchev–Trinajstić information content (AvgIpc) is 3.28. The third-order valence-corrected chi connectivity index (χ3v) is 4.67. The van der Waals surface area contributed by atoms with Crippen molar-refractivity contribution in [2.75, 3.05) is 5.32 Å². The summed E-state index contributed by atoms with van der Waals surface area (Å²) in [5, 5.41) is 12.7. The molecule has 0 radical (unpaired) electrons. The quantitative estimate of drug-likeness (QED) is 0.372. The van der Waals surface area contributed by atoms with Crippen LogP contribution in [0, 0.1) is 5.82 Å². The van der Waals surface area contributed by atoms with E-state index in [-0.39, 0.29) is 11.8 Å². The third-order valence-electron chi connectivity index (χ3n) is 4.67. The fourth-order valence-electron chi connectivity index (χ4n) is 3.12. The Balaban J connectivity index is 1.62. The van der Waals surface area contributed by atoms with Gasteiger partial charge in [0.1, 0.15) is 11.9 Å². The van der Waals surface area contributed by atoms with Gasteiger partial charge in [0.25, 0.3) is 0 Å². The van der Waals surface area contributed by atoms with E-state index in [1.54, 1.807) is 24.3 Å². The number of amides is 2. The minimum atomic E-state index is -4.66. The van der Waals surface area contributed by atoms with Gasteiger partial charge in [-0.25, -0.2) is 9.18 Å². The Morgan fingerprint density at radius 3 is 2.24 bits per heavy atom. The second-order valence-corrected chi connectivity index (χ2v) is 6.94. The smallest absolute Gasteiger partial charge is 0.418 e. The first kappa shape index (κ1) is 22.0. The number of rotatable bonds is 5. The van der Waals surface area contributed by atoms with Gasteiger partial charge >= 0.3 is 12.2 Å². The highest BCUT2D eigenvalue weighted by Gasteiger charge is 2.34. The zero-order valence-electron chi connectivity index (χ0n) is 16.8. The van der Waals surface area contributed by atoms with Gasteiger partial charge in [0.15, 0.2) is 0 Å². The summed E-state index contributed by atoms with van der Waals surface area (Å²) < 4.78 is 58.9. The lowest BCUT2D eigenvalue weighted by atomic mass is 10.1. The number of urea groups is 1. The second kappa shape index (κ2) is 9.11. The van der Waals surface area contributed by atoms with Gasteiger partial charge in [0, 0.05) is 5.56 Å². The highest BCUT2D eigenvalue weighted by atomic mass is 19.4. The van der Waals surface area contributed by atoms with E-state index in [9.17, 15) is 22.4 Å². The summed E-state index contributed by atoms with van der Waals surface area (Å²) in [6, 6.07) is 16.6. The van der Waals surface area contributed by atoms with Crippen LogP contribution in [0.25, 0.3) is 11.5 Å². The summed E-state index contributed by atoms with van der Waals surface area (Å²) in [6.45, 7) is 0. The Bertz CT molecular complexity index is 1240. The highest BCUT2D eigenvalue weighted by Crippen LogP contribution is 2.34. The molecule has 1 unspecified atom stereocenters. The van der Waals surface area contributed by atoms with Gasteiger partial charge in [0.2, 0.25) is 11.8 Å². The molecular formula is C23H16F4N4O2. The van der Waals surface area contributed by atoms with E-state index in [4.69, 9.17) is 4.42 Å². The predicted molar refractivity (Wildman–Crippen MR) is 112 cm³/mol. The number of nitrogens with zero attached hydrogens (tertiary/aromatic N) is 2. The molecule has 1 aromatic heterocycles. The van der Waals surface area contributed by atoms with Crippen LogP contribution in [0.1, 0.15) is 23.1 Å². The molecule has 6 nitrogen and oxygen atoms in total. The molecule has 4 rings (SSSR count). The minimum absolute atomic E-state index is 0.0280. The third kappa shape index (κ3) is 5.17. The fourth-order valence-corrected chi connectivity index (χ4v) is 3.12. The van der Waals surface area contributed by atoms with E-state index in [0.29, 0.717) is 11.1 Å². The molecule has 0 aliphatic carbocycles. The van der Waals surface area contributed by atoms with Crippen molar-refractivity contribution in [2.24, 2.45) is 0 Å². The first-order chi connectivity index (χ1) is 15.8. The molecule has 0 aliphatic rings. The van der Waals surface area contributed by atoms with Crippen molar-refractivity contribution in [3.05, 3.63) is 102 Å². The van der Waals surface area contributed by atoms with E-state index in [1.165, 1.54) is 36.4 Å². The molecule has 4 aromatic rings. The lowest BCUT2D eigenvalue weighted by Crippen LogP contribution is -2.34. The van der Waals surface area contributed by atoms with Crippen molar-refractivity contribution in [1.29, 1.82) is 0 Å². The number of anilines is 1. The van der Waals surface area contributed by atoms with Crippen molar-refractivity contribution in [3.8, 4) is 11.5 Å². The number of benzene rings is 3. The Kier molecular flexibility index (Phi) is 6.07. The molecule has 0 saturated heterocycles. The van der Waals surface area contributed by atoms with E-state index >= 15 is 0 Å². The Morgan fingerprint density at radius 2 is 1.55 bits per heavy atom. The zero-order valence-corrected chi connectivity index (χ0v) is 16.8.